The number of nitrogens with zero attached hydrogens (tertiary/aromatic N) is 6. The van der Waals surface area contributed by atoms with Crippen LogP contribution in [0.2, 0.25) is 0 Å². The number of imidazole rings is 1. The lowest BCUT2D eigenvalue weighted by atomic mass is 10.00. The zero-order chi connectivity index (χ0) is 37.6. The van der Waals surface area contributed by atoms with Gasteiger partial charge in [0, 0.05) is 30.1 Å². The fraction of sp³-hybridized carbons (Fsp3) is 0.417. The highest BCUT2D eigenvalue weighted by molar-refractivity contribution is 7.48. The maximum Gasteiger partial charge on any atom is 0.280 e. The number of ether oxygens (including phenoxy) is 1. The van der Waals surface area contributed by atoms with E-state index in [-0.39, 0.29) is 66.2 Å². The van der Waals surface area contributed by atoms with Crippen LogP contribution in [0.15, 0.2) is 64.1 Å². The van der Waals surface area contributed by atoms with E-state index >= 15 is 0 Å². The molecule has 1 unspecified atom stereocenters. The van der Waals surface area contributed by atoms with Gasteiger partial charge in [-0.25, -0.2) is 11.6 Å². The fourth-order valence-corrected chi connectivity index (χ4v) is 8.44. The van der Waals surface area contributed by atoms with Gasteiger partial charge in [0.1, 0.15) is 18.9 Å². The average molecular weight is 744 g/mol. The number of rotatable bonds is 15. The number of anilines is 3. The van der Waals surface area contributed by atoms with Crippen LogP contribution in [-0.4, -0.2) is 78.4 Å². The van der Waals surface area contributed by atoms with Crippen molar-refractivity contribution in [3.05, 3.63) is 76.6 Å². The molecular formula is C36H42N9O7P. The molecule has 1 saturated heterocycles. The molecule has 1 fully saturated rings. The molecule has 4 heterocycles. The minimum absolute atomic E-state index is 0.0708. The topological polar surface area (TPSA) is 196 Å². The third-order valence-corrected chi connectivity index (χ3v) is 11.2. The molecule has 16 nitrogen and oxygen atoms in total. The molecule has 1 amide bonds. The Hall–Kier alpha value is -5.04. The zero-order valence-electron chi connectivity index (χ0n) is 30.0. The maximum absolute atomic E-state index is 13.3. The van der Waals surface area contributed by atoms with Crippen molar-refractivity contribution in [2.75, 3.05) is 30.4 Å². The second-order valence-electron chi connectivity index (χ2n) is 13.3. The molecule has 4 atom stereocenters. The molecule has 0 spiro atoms. The number of aliphatic hydroxyl groups excluding tert-OH is 1. The molecule has 2 aromatic carbocycles. The van der Waals surface area contributed by atoms with Gasteiger partial charge in [-0.2, -0.15) is 4.98 Å². The van der Waals surface area contributed by atoms with Gasteiger partial charge in [0.2, 0.25) is 30.2 Å². The smallest absolute Gasteiger partial charge is 0.280 e. The van der Waals surface area contributed by atoms with Crippen molar-refractivity contribution >= 4 is 42.8 Å². The van der Waals surface area contributed by atoms with Crippen LogP contribution in [0.4, 0.5) is 17.3 Å². The molecule has 4 N–H and O–H groups in total. The van der Waals surface area contributed by atoms with Crippen LogP contribution in [0.25, 0.3) is 38.9 Å². The monoisotopic (exact) mass is 743 g/mol. The number of fused-ring (bicyclic) bond motifs is 1. The highest BCUT2D eigenvalue weighted by atomic mass is 31.2. The molecule has 0 radical (unpaired) electrons. The number of benzene rings is 2. The van der Waals surface area contributed by atoms with Gasteiger partial charge in [0.05, 0.1) is 30.4 Å². The van der Waals surface area contributed by atoms with Crippen LogP contribution in [0.5, 0.6) is 0 Å². The highest BCUT2D eigenvalue weighted by Gasteiger charge is 2.42. The van der Waals surface area contributed by atoms with Crippen molar-refractivity contribution in [1.29, 1.82) is 0 Å². The second-order valence-corrected chi connectivity index (χ2v) is 14.9. The van der Waals surface area contributed by atoms with Crippen molar-refractivity contribution in [3.8, 4) is 22.9 Å². The van der Waals surface area contributed by atoms with E-state index in [9.17, 15) is 14.7 Å². The Morgan fingerprint density at radius 2 is 1.85 bits per heavy atom. The van der Waals surface area contributed by atoms with E-state index in [4.69, 9.17) is 29.8 Å². The molecule has 0 aliphatic carbocycles. The van der Waals surface area contributed by atoms with E-state index < -0.39 is 32.4 Å². The first-order valence-corrected chi connectivity index (χ1v) is 18.5. The van der Waals surface area contributed by atoms with Gasteiger partial charge in [0.15, 0.2) is 19.5 Å². The van der Waals surface area contributed by atoms with Crippen molar-refractivity contribution in [3.63, 3.8) is 0 Å². The quantitative estimate of drug-likeness (QED) is 0.0545. The number of H-pyrrole nitrogens is 1. The van der Waals surface area contributed by atoms with Crippen LogP contribution >= 0.6 is 8.38 Å². The fourth-order valence-electron chi connectivity index (χ4n) is 6.34. The minimum Gasteiger partial charge on any atom is -0.416 e. The molecule has 0 saturated carbocycles. The van der Waals surface area contributed by atoms with Gasteiger partial charge in [-0.15, -0.1) is 10.2 Å². The number of carbonyl (C=O) groups excluding carboxylic acids is 1. The Kier molecular flexibility index (Phi) is 11.9. The number of carbonyl (C=O) groups is 1. The molecule has 278 valence electrons. The van der Waals surface area contributed by atoms with Crippen molar-refractivity contribution in [2.45, 2.75) is 65.1 Å². The Balaban J connectivity index is 1.28. The van der Waals surface area contributed by atoms with E-state index in [1.54, 1.807) is 22.8 Å². The van der Waals surface area contributed by atoms with Crippen LogP contribution in [0.1, 0.15) is 47.3 Å². The van der Waals surface area contributed by atoms with E-state index in [1.165, 1.54) is 13.3 Å². The molecule has 17 heteroatoms. The van der Waals surface area contributed by atoms with Crippen LogP contribution in [-0.2, 0) is 18.6 Å². The average Bonchev–Trinajstić information content (AvgIpc) is 3.88. The maximum atomic E-state index is 13.3. The number of aromatic nitrogens is 6. The molecule has 3 aromatic heterocycles. The predicted molar refractivity (Wildman–Crippen MR) is 199 cm³/mol. The highest BCUT2D eigenvalue weighted by Crippen LogP contribution is 2.53. The van der Waals surface area contributed by atoms with Crippen LogP contribution in [0, 0.1) is 18.4 Å². The van der Waals surface area contributed by atoms with Gasteiger partial charge in [-0.05, 0) is 42.2 Å². The Morgan fingerprint density at radius 1 is 1.11 bits per heavy atom. The SMILES string of the molecule is [C-]#[N+]CCOP(O[C@@H]1C[C@H](n2cnc3c(=O)[nH]c(Nc4cc(-c5nnc(-c6ccccc6)o5)ccc4NC(C)=O)nc32)O[C@@H]1CO)C(C(C)C)C(C)C. The van der Waals surface area contributed by atoms with Crippen LogP contribution < -0.4 is 16.2 Å². The first-order chi connectivity index (χ1) is 25.6. The molecule has 6 rings (SSSR count). The molecule has 53 heavy (non-hydrogen) atoms. The Bertz CT molecular complexity index is 2120. The second kappa shape index (κ2) is 16.7. The summed E-state index contributed by atoms with van der Waals surface area (Å²) in [6.07, 6.45) is -0.0824. The lowest BCUT2D eigenvalue weighted by Gasteiger charge is -2.34. The van der Waals surface area contributed by atoms with Gasteiger partial charge in [-0.1, -0.05) is 45.9 Å². The predicted octanol–water partition coefficient (Wildman–Crippen LogP) is 6.13. The molecule has 1 aliphatic heterocycles. The van der Waals surface area contributed by atoms with Gasteiger partial charge in [0.25, 0.3) is 5.56 Å². The molecule has 0 bridgehead atoms. The number of amides is 1. The number of hydrogen-bond acceptors (Lipinski definition) is 12. The third kappa shape index (κ3) is 8.62. The summed E-state index contributed by atoms with van der Waals surface area (Å²) in [5.74, 6) is 0.872. The molecule has 1 aliphatic rings. The summed E-state index contributed by atoms with van der Waals surface area (Å²) in [6, 6.07) is 14.5. The number of aliphatic hydroxyl groups is 1. The summed E-state index contributed by atoms with van der Waals surface area (Å²) in [4.78, 5) is 40.6. The Labute approximate surface area is 307 Å². The lowest BCUT2D eigenvalue weighted by molar-refractivity contribution is -0.114. The third-order valence-electron chi connectivity index (χ3n) is 8.65. The van der Waals surface area contributed by atoms with E-state index in [0.29, 0.717) is 29.2 Å². The minimum atomic E-state index is -1.43. The summed E-state index contributed by atoms with van der Waals surface area (Å²) < 4.78 is 26.6. The first-order valence-electron chi connectivity index (χ1n) is 17.3. The van der Waals surface area contributed by atoms with E-state index in [2.05, 4.69) is 63.3 Å². The lowest BCUT2D eigenvalue weighted by Crippen LogP contribution is -2.30. The summed E-state index contributed by atoms with van der Waals surface area (Å²) in [6.45, 7) is 17.2. The van der Waals surface area contributed by atoms with E-state index in [0.717, 1.165) is 5.56 Å². The number of nitrogens with one attached hydrogen (secondary N) is 3. The molecular weight excluding hydrogens is 701 g/mol. The van der Waals surface area contributed by atoms with Gasteiger partial charge < -0.3 is 38.8 Å². The largest absolute Gasteiger partial charge is 0.416 e. The summed E-state index contributed by atoms with van der Waals surface area (Å²) >= 11 is 0. The van der Waals surface area contributed by atoms with Gasteiger partial charge >= 0.3 is 0 Å². The van der Waals surface area contributed by atoms with Crippen LogP contribution in [0.3, 0.4) is 0 Å². The summed E-state index contributed by atoms with van der Waals surface area (Å²) in [5.41, 5.74) is 2.04. The van der Waals surface area contributed by atoms with Gasteiger partial charge in [-0.3, -0.25) is 19.1 Å². The normalized spacial score (nSPS) is 17.8. The zero-order valence-corrected chi connectivity index (χ0v) is 30.9. The first kappa shape index (κ1) is 37.7. The van der Waals surface area contributed by atoms with Crippen molar-refractivity contribution < 1.29 is 28.1 Å². The number of aromatic amines is 1. The standard InChI is InChI=1S/C36H42N9O7P/c1-20(2)31(21(3)4)53(49-15-14-37-6)52-27-17-29(50-28(27)18-46)45-19-38-30-32(45)41-36(42-33(30)48)40-26-16-24(12-13-25(26)39-22(5)47)35-44-43-34(51-35)23-10-8-7-9-11-23/h7-13,16,19-21,27-29,31,46H,14-15,17-18H2,1-5H3,(H,39,47)(H2,40,41,42,48)/t27-,28-,29-,53?/m1/s1. The Morgan fingerprint density at radius 3 is 2.53 bits per heavy atom. The van der Waals surface area contributed by atoms with E-state index in [1.807, 2.05) is 30.3 Å². The molecule has 5 aromatic rings. The number of hydrogen-bond donors (Lipinski definition) is 4. The summed E-state index contributed by atoms with van der Waals surface area (Å²) in [5, 5.41) is 24.6. The summed E-state index contributed by atoms with van der Waals surface area (Å²) in [7, 11) is -1.43. The van der Waals surface area contributed by atoms with Crippen molar-refractivity contribution in [2.24, 2.45) is 11.8 Å². The van der Waals surface area contributed by atoms with Crippen molar-refractivity contribution in [1.82, 2.24) is 29.7 Å².